The lowest BCUT2D eigenvalue weighted by atomic mass is 9.71. The average Bonchev–Trinajstić information content (AvgIpc) is 2.83. The molecule has 0 unspecified atom stereocenters. The van der Waals surface area contributed by atoms with Gasteiger partial charge in [0.1, 0.15) is 40.0 Å². The van der Waals surface area contributed by atoms with Crippen LogP contribution in [0.3, 0.4) is 0 Å². The smallest absolute Gasteiger partial charge is 0.196 e. The number of carbonyl (C=O) groups is 2. The second-order valence-electron chi connectivity index (χ2n) is 8.14. The fourth-order valence-corrected chi connectivity index (χ4v) is 4.83. The number of pyridine rings is 1. The molecule has 1 fully saturated rings. The molecule has 1 atom stereocenters. The summed E-state index contributed by atoms with van der Waals surface area (Å²) in [5.74, 6) is -0.0000305. The van der Waals surface area contributed by atoms with E-state index in [4.69, 9.17) is 14.2 Å². The third-order valence-electron chi connectivity index (χ3n) is 6.42. The number of methoxy groups -OCH3 is 2. The summed E-state index contributed by atoms with van der Waals surface area (Å²) in [5, 5.41) is 4.03. The van der Waals surface area contributed by atoms with Crippen LogP contribution in [0.15, 0.2) is 48.5 Å². The zero-order valence-corrected chi connectivity index (χ0v) is 18.0. The van der Waals surface area contributed by atoms with Crippen LogP contribution < -0.4 is 19.5 Å². The van der Waals surface area contributed by atoms with Crippen molar-refractivity contribution in [2.45, 2.75) is 18.4 Å². The Hall–Kier alpha value is -3.45. The average molecular weight is 432 g/mol. The van der Waals surface area contributed by atoms with Gasteiger partial charge < -0.3 is 19.5 Å². The van der Waals surface area contributed by atoms with Crippen molar-refractivity contribution in [3.8, 4) is 17.2 Å². The Bertz CT molecular complexity index is 1220. The van der Waals surface area contributed by atoms with Gasteiger partial charge in [-0.3, -0.25) is 9.59 Å². The van der Waals surface area contributed by atoms with Crippen LogP contribution in [0.25, 0.3) is 10.9 Å². The molecule has 1 N–H and O–H groups in total. The van der Waals surface area contributed by atoms with Crippen molar-refractivity contribution in [2.75, 3.05) is 27.3 Å². The number of aromatic nitrogens is 1. The number of fused-ring (bicyclic) bond motifs is 2. The molecule has 2 aliphatic rings. The largest absolute Gasteiger partial charge is 0.496 e. The van der Waals surface area contributed by atoms with Crippen molar-refractivity contribution < 1.29 is 23.8 Å². The lowest BCUT2D eigenvalue weighted by Crippen LogP contribution is -2.58. The summed E-state index contributed by atoms with van der Waals surface area (Å²) in [7, 11) is 3.10. The predicted octanol–water partition coefficient (Wildman–Crippen LogP) is 3.45. The number of nitrogens with zero attached hydrogens (tertiary/aromatic N) is 1. The lowest BCUT2D eigenvalue weighted by molar-refractivity contribution is -0.0139. The molecule has 2 aromatic carbocycles. The molecule has 0 bridgehead atoms. The molecule has 0 amide bonds. The van der Waals surface area contributed by atoms with Gasteiger partial charge in [0.15, 0.2) is 11.6 Å². The zero-order valence-electron chi connectivity index (χ0n) is 18.0. The number of hydrogen-bond acceptors (Lipinski definition) is 7. The summed E-state index contributed by atoms with van der Waals surface area (Å²) in [6, 6.07) is 14.2. The number of hydrogen-bond donors (Lipinski definition) is 1. The van der Waals surface area contributed by atoms with Gasteiger partial charge in [0.25, 0.3) is 0 Å². The lowest BCUT2D eigenvalue weighted by Gasteiger charge is -2.45. The minimum Gasteiger partial charge on any atom is -0.496 e. The van der Waals surface area contributed by atoms with E-state index in [0.717, 1.165) is 5.39 Å². The summed E-state index contributed by atoms with van der Waals surface area (Å²) in [4.78, 5) is 32.2. The predicted molar refractivity (Wildman–Crippen MR) is 119 cm³/mol. The summed E-state index contributed by atoms with van der Waals surface area (Å²) >= 11 is 0. The van der Waals surface area contributed by atoms with E-state index in [1.165, 1.54) is 0 Å². The SMILES string of the molecule is COc1cc(C(=O)[C@H]2C(=O)c3ccccc3OC23CCNCC3)nc2c(OC)cccc12. The number of Topliss-reactive ketones (excluding diaryl/α,β-unsaturated/α-hetero) is 2. The number of nitrogens with one attached hydrogen (secondary N) is 1. The van der Waals surface area contributed by atoms with Gasteiger partial charge in [-0.15, -0.1) is 0 Å². The third kappa shape index (κ3) is 3.12. The van der Waals surface area contributed by atoms with E-state index < -0.39 is 11.5 Å². The summed E-state index contributed by atoms with van der Waals surface area (Å²) in [6.07, 6.45) is 1.11. The second-order valence-corrected chi connectivity index (χ2v) is 8.14. The second kappa shape index (κ2) is 7.91. The summed E-state index contributed by atoms with van der Waals surface area (Å²) < 4.78 is 17.4. The van der Waals surface area contributed by atoms with Crippen LogP contribution in [-0.4, -0.2) is 49.5 Å². The highest BCUT2D eigenvalue weighted by Crippen LogP contribution is 2.43. The first-order chi connectivity index (χ1) is 15.6. The van der Waals surface area contributed by atoms with E-state index >= 15 is 0 Å². The molecule has 5 rings (SSSR count). The molecule has 3 aromatic rings. The normalized spacial score (nSPS) is 19.3. The standard InChI is InChI=1S/C25H24N2O5/c1-30-19-9-5-7-15-20(31-2)14-17(27-22(15)19)24(29)21-23(28)16-6-3-4-8-18(16)32-25(21)10-12-26-13-11-25/h3-9,14,21,26H,10-13H2,1-2H3/t21-/m1/s1. The number of rotatable bonds is 4. The highest BCUT2D eigenvalue weighted by molar-refractivity contribution is 6.18. The molecule has 1 spiro atoms. The molecule has 0 saturated carbocycles. The molecular formula is C25H24N2O5. The molecule has 2 aliphatic heterocycles. The maximum atomic E-state index is 13.9. The maximum Gasteiger partial charge on any atom is 0.196 e. The van der Waals surface area contributed by atoms with E-state index in [1.54, 1.807) is 44.6 Å². The van der Waals surface area contributed by atoms with Crippen molar-refractivity contribution >= 4 is 22.5 Å². The van der Waals surface area contributed by atoms with Gasteiger partial charge in [-0.05, 0) is 37.4 Å². The maximum absolute atomic E-state index is 13.9. The fourth-order valence-electron chi connectivity index (χ4n) is 4.83. The number of benzene rings is 2. The van der Waals surface area contributed by atoms with Crippen LogP contribution in [0.2, 0.25) is 0 Å². The van der Waals surface area contributed by atoms with Crippen LogP contribution in [0, 0.1) is 5.92 Å². The molecular weight excluding hydrogens is 408 g/mol. The first-order valence-electron chi connectivity index (χ1n) is 10.7. The van der Waals surface area contributed by atoms with Crippen LogP contribution >= 0.6 is 0 Å². The molecule has 1 saturated heterocycles. The van der Waals surface area contributed by atoms with E-state index in [1.807, 2.05) is 18.2 Å². The molecule has 1 aromatic heterocycles. The van der Waals surface area contributed by atoms with Gasteiger partial charge in [0.2, 0.25) is 0 Å². The number of carbonyl (C=O) groups excluding carboxylic acids is 2. The first kappa shape index (κ1) is 20.5. The topological polar surface area (TPSA) is 86.8 Å². The summed E-state index contributed by atoms with van der Waals surface area (Å²) in [5.41, 5.74) is 0.207. The Balaban J connectivity index is 1.66. The molecule has 164 valence electrons. The van der Waals surface area contributed by atoms with Crippen molar-refractivity contribution in [3.63, 3.8) is 0 Å². The van der Waals surface area contributed by atoms with Gasteiger partial charge in [-0.1, -0.05) is 18.2 Å². The zero-order chi connectivity index (χ0) is 22.3. The van der Waals surface area contributed by atoms with Gasteiger partial charge in [0.05, 0.1) is 19.8 Å². The van der Waals surface area contributed by atoms with Crippen molar-refractivity contribution in [1.29, 1.82) is 0 Å². The Labute approximate surface area is 185 Å². The Morgan fingerprint density at radius 3 is 2.56 bits per heavy atom. The van der Waals surface area contributed by atoms with Crippen LogP contribution in [-0.2, 0) is 0 Å². The first-order valence-corrected chi connectivity index (χ1v) is 10.7. The Morgan fingerprint density at radius 2 is 1.81 bits per heavy atom. The minimum absolute atomic E-state index is 0.165. The van der Waals surface area contributed by atoms with Gasteiger partial charge >= 0.3 is 0 Å². The molecule has 7 heteroatoms. The van der Waals surface area contributed by atoms with Gasteiger partial charge in [-0.25, -0.2) is 4.98 Å². The fraction of sp³-hybridized carbons (Fsp3) is 0.320. The van der Waals surface area contributed by atoms with Crippen LogP contribution in [0.4, 0.5) is 0 Å². The molecule has 7 nitrogen and oxygen atoms in total. The number of ketones is 2. The van der Waals surface area contributed by atoms with E-state index in [9.17, 15) is 9.59 Å². The molecule has 0 radical (unpaired) electrons. The molecule has 32 heavy (non-hydrogen) atoms. The number of ether oxygens (including phenoxy) is 3. The molecule has 0 aliphatic carbocycles. The van der Waals surface area contributed by atoms with E-state index in [2.05, 4.69) is 10.3 Å². The Kier molecular flexibility index (Phi) is 5.06. The highest BCUT2D eigenvalue weighted by atomic mass is 16.5. The number of para-hydroxylation sites is 2. The highest BCUT2D eigenvalue weighted by Gasteiger charge is 2.54. The molecule has 3 heterocycles. The van der Waals surface area contributed by atoms with E-state index in [-0.39, 0.29) is 17.3 Å². The van der Waals surface area contributed by atoms with Crippen LogP contribution in [0.1, 0.15) is 33.7 Å². The van der Waals surface area contributed by atoms with Crippen molar-refractivity contribution in [1.82, 2.24) is 10.3 Å². The monoisotopic (exact) mass is 432 g/mol. The summed E-state index contributed by atoms with van der Waals surface area (Å²) in [6.45, 7) is 1.34. The van der Waals surface area contributed by atoms with E-state index in [0.29, 0.717) is 54.3 Å². The van der Waals surface area contributed by atoms with Gasteiger partial charge in [-0.2, -0.15) is 0 Å². The third-order valence-corrected chi connectivity index (χ3v) is 6.42. The number of piperidine rings is 1. The minimum atomic E-state index is -0.983. The van der Waals surface area contributed by atoms with Crippen molar-refractivity contribution in [3.05, 3.63) is 59.8 Å². The van der Waals surface area contributed by atoms with Crippen molar-refractivity contribution in [2.24, 2.45) is 5.92 Å². The Morgan fingerprint density at radius 1 is 1.06 bits per heavy atom. The van der Waals surface area contributed by atoms with Gasteiger partial charge in [0, 0.05) is 24.3 Å². The van der Waals surface area contributed by atoms with Crippen LogP contribution in [0.5, 0.6) is 17.2 Å². The quantitative estimate of drug-likeness (QED) is 0.499.